The zero-order valence-electron chi connectivity index (χ0n) is 20.9. The van der Waals surface area contributed by atoms with Crippen LogP contribution in [0.1, 0.15) is 44.4 Å². The molecule has 0 spiro atoms. The van der Waals surface area contributed by atoms with Crippen molar-refractivity contribution in [3.05, 3.63) is 46.7 Å². The standard InChI is InChI=1S/C25H37N5O4/c1-6-34-23(31)21-20(16-29-12-9-13-30(15-14-29)25(33)26-17(2)3)28(5)24(32)27-22(21)19-11-8-7-10-18(19)4/h7-8,10-11,17,22H,6,9,12-16H2,1-5H3,(H,26,33)(H,27,32)/t22-/m1/s1. The van der Waals surface area contributed by atoms with Crippen molar-refractivity contribution in [1.29, 1.82) is 0 Å². The van der Waals surface area contributed by atoms with Gasteiger partial charge >= 0.3 is 18.0 Å². The van der Waals surface area contributed by atoms with Gasteiger partial charge in [-0.1, -0.05) is 24.3 Å². The molecule has 186 valence electrons. The fourth-order valence-electron chi connectivity index (χ4n) is 4.42. The number of urea groups is 2. The first kappa shape index (κ1) is 25.6. The van der Waals surface area contributed by atoms with Crippen molar-refractivity contribution in [2.45, 2.75) is 46.2 Å². The fraction of sp³-hybridized carbons (Fsp3) is 0.560. The second-order valence-electron chi connectivity index (χ2n) is 9.10. The number of esters is 1. The van der Waals surface area contributed by atoms with Gasteiger partial charge in [0.05, 0.1) is 18.2 Å². The molecule has 2 aliphatic heterocycles. The van der Waals surface area contributed by atoms with Gasteiger partial charge in [-0.2, -0.15) is 0 Å². The van der Waals surface area contributed by atoms with Crippen LogP contribution >= 0.6 is 0 Å². The summed E-state index contributed by atoms with van der Waals surface area (Å²) < 4.78 is 5.43. The minimum absolute atomic E-state index is 0.0583. The van der Waals surface area contributed by atoms with Crippen LogP contribution in [0, 0.1) is 6.92 Å². The zero-order valence-corrected chi connectivity index (χ0v) is 20.9. The highest BCUT2D eigenvalue weighted by Gasteiger charge is 2.38. The van der Waals surface area contributed by atoms with Crippen molar-refractivity contribution in [2.24, 2.45) is 0 Å². The number of amides is 4. The van der Waals surface area contributed by atoms with Gasteiger partial charge in [-0.25, -0.2) is 14.4 Å². The summed E-state index contributed by atoms with van der Waals surface area (Å²) in [6.45, 7) is 11.0. The number of nitrogens with zero attached hydrogens (tertiary/aromatic N) is 3. The van der Waals surface area contributed by atoms with E-state index in [4.69, 9.17) is 4.74 Å². The Bertz CT molecular complexity index is 945. The van der Waals surface area contributed by atoms with E-state index in [1.54, 1.807) is 14.0 Å². The largest absolute Gasteiger partial charge is 0.463 e. The first-order valence-corrected chi connectivity index (χ1v) is 12.0. The molecule has 0 saturated carbocycles. The van der Waals surface area contributed by atoms with Crippen molar-refractivity contribution in [1.82, 2.24) is 25.3 Å². The summed E-state index contributed by atoms with van der Waals surface area (Å²) in [6.07, 6.45) is 0.810. The number of hydrogen-bond acceptors (Lipinski definition) is 5. The van der Waals surface area contributed by atoms with Crippen molar-refractivity contribution < 1.29 is 19.1 Å². The Morgan fingerprint density at radius 2 is 1.91 bits per heavy atom. The minimum atomic E-state index is -0.584. The van der Waals surface area contributed by atoms with Crippen LogP contribution in [-0.2, 0) is 9.53 Å². The molecule has 0 aliphatic carbocycles. The monoisotopic (exact) mass is 471 g/mol. The molecule has 1 atom stereocenters. The Kier molecular flexibility index (Phi) is 8.55. The number of ether oxygens (including phenoxy) is 1. The Morgan fingerprint density at radius 3 is 2.59 bits per heavy atom. The van der Waals surface area contributed by atoms with E-state index < -0.39 is 12.0 Å². The number of nitrogens with one attached hydrogen (secondary N) is 2. The van der Waals surface area contributed by atoms with E-state index in [9.17, 15) is 14.4 Å². The van der Waals surface area contributed by atoms with Crippen molar-refractivity contribution in [3.8, 4) is 0 Å². The molecule has 9 nitrogen and oxygen atoms in total. The van der Waals surface area contributed by atoms with Crippen LogP contribution in [0.15, 0.2) is 35.5 Å². The quantitative estimate of drug-likeness (QED) is 0.622. The first-order valence-electron chi connectivity index (χ1n) is 12.0. The highest BCUT2D eigenvalue weighted by atomic mass is 16.5. The number of hydrogen-bond donors (Lipinski definition) is 2. The lowest BCUT2D eigenvalue weighted by molar-refractivity contribution is -0.139. The maximum Gasteiger partial charge on any atom is 0.338 e. The van der Waals surface area contributed by atoms with Gasteiger partial charge in [0.25, 0.3) is 0 Å². The number of carbonyl (C=O) groups is 3. The predicted octanol–water partition coefficient (Wildman–Crippen LogP) is 2.63. The molecule has 34 heavy (non-hydrogen) atoms. The molecule has 1 saturated heterocycles. The molecule has 3 rings (SSSR count). The average Bonchev–Trinajstić information content (AvgIpc) is 3.02. The maximum atomic E-state index is 13.2. The summed E-state index contributed by atoms with van der Waals surface area (Å²) in [5.41, 5.74) is 2.95. The Balaban J connectivity index is 1.91. The number of carbonyl (C=O) groups excluding carboxylic acids is 3. The van der Waals surface area contributed by atoms with E-state index in [2.05, 4.69) is 15.5 Å². The third-order valence-electron chi connectivity index (χ3n) is 6.23. The van der Waals surface area contributed by atoms with Crippen molar-refractivity contribution in [2.75, 3.05) is 46.4 Å². The molecule has 1 aromatic rings. The molecular weight excluding hydrogens is 434 g/mol. The van der Waals surface area contributed by atoms with Gasteiger partial charge in [0.2, 0.25) is 0 Å². The van der Waals surface area contributed by atoms with Crippen LogP contribution in [-0.4, -0.2) is 85.2 Å². The van der Waals surface area contributed by atoms with E-state index in [-0.39, 0.29) is 24.7 Å². The molecule has 2 heterocycles. The smallest absolute Gasteiger partial charge is 0.338 e. The summed E-state index contributed by atoms with van der Waals surface area (Å²) in [5, 5.41) is 5.93. The Morgan fingerprint density at radius 1 is 1.18 bits per heavy atom. The van der Waals surface area contributed by atoms with Gasteiger partial charge < -0.3 is 20.3 Å². The molecule has 0 radical (unpaired) electrons. The average molecular weight is 472 g/mol. The molecule has 9 heteroatoms. The highest BCUT2D eigenvalue weighted by Crippen LogP contribution is 2.33. The second-order valence-corrected chi connectivity index (χ2v) is 9.10. The first-order chi connectivity index (χ1) is 16.2. The van der Waals surface area contributed by atoms with Crippen LogP contribution in [0.25, 0.3) is 0 Å². The molecule has 0 bridgehead atoms. The predicted molar refractivity (Wildman–Crippen MR) is 130 cm³/mol. The van der Waals surface area contributed by atoms with Crippen LogP contribution in [0.5, 0.6) is 0 Å². The third kappa shape index (κ3) is 5.88. The molecule has 4 amide bonds. The molecule has 2 N–H and O–H groups in total. The lowest BCUT2D eigenvalue weighted by Gasteiger charge is -2.37. The van der Waals surface area contributed by atoms with Gasteiger partial charge in [0, 0.05) is 51.5 Å². The van der Waals surface area contributed by atoms with Gasteiger partial charge in [0.1, 0.15) is 0 Å². The summed E-state index contributed by atoms with van der Waals surface area (Å²) >= 11 is 0. The number of rotatable bonds is 6. The number of aryl methyl sites for hydroxylation is 1. The Labute approximate surface area is 202 Å². The summed E-state index contributed by atoms with van der Waals surface area (Å²) in [6, 6.07) is 6.91. The van der Waals surface area contributed by atoms with Gasteiger partial charge in [-0.15, -0.1) is 0 Å². The number of likely N-dealkylation sites (N-methyl/N-ethyl adjacent to an activating group) is 1. The molecule has 1 fully saturated rings. The third-order valence-corrected chi connectivity index (χ3v) is 6.23. The van der Waals surface area contributed by atoms with E-state index in [0.29, 0.717) is 37.4 Å². The summed E-state index contributed by atoms with van der Waals surface area (Å²) in [5.74, 6) is -0.426. The highest BCUT2D eigenvalue weighted by molar-refractivity contribution is 5.95. The van der Waals surface area contributed by atoms with Crippen molar-refractivity contribution >= 4 is 18.0 Å². The minimum Gasteiger partial charge on any atom is -0.463 e. The molecule has 2 aliphatic rings. The molecule has 0 aromatic heterocycles. The summed E-state index contributed by atoms with van der Waals surface area (Å²) in [4.78, 5) is 44.1. The normalized spacial score (nSPS) is 19.7. The van der Waals surface area contributed by atoms with E-state index in [1.807, 2.05) is 49.9 Å². The van der Waals surface area contributed by atoms with Gasteiger partial charge in [-0.3, -0.25) is 9.80 Å². The van der Waals surface area contributed by atoms with Crippen LogP contribution in [0.4, 0.5) is 9.59 Å². The fourth-order valence-corrected chi connectivity index (χ4v) is 4.42. The van der Waals surface area contributed by atoms with Gasteiger partial charge in [0.15, 0.2) is 0 Å². The molecular formula is C25H37N5O4. The second kappa shape index (κ2) is 11.4. The van der Waals surface area contributed by atoms with Gasteiger partial charge in [-0.05, 0) is 45.2 Å². The number of benzene rings is 1. The molecule has 1 aromatic carbocycles. The van der Waals surface area contributed by atoms with Crippen molar-refractivity contribution in [3.63, 3.8) is 0 Å². The lowest BCUT2D eigenvalue weighted by atomic mass is 9.91. The van der Waals surface area contributed by atoms with E-state index >= 15 is 0 Å². The Hall–Kier alpha value is -3.07. The zero-order chi connectivity index (χ0) is 24.8. The van der Waals surface area contributed by atoms with E-state index in [0.717, 1.165) is 24.1 Å². The SMILES string of the molecule is CCOC(=O)C1=C(CN2CCCN(C(=O)NC(C)C)CC2)N(C)C(=O)N[C@@H]1c1ccccc1C. The van der Waals surface area contributed by atoms with Crippen LogP contribution in [0.2, 0.25) is 0 Å². The topological polar surface area (TPSA) is 94.2 Å². The maximum absolute atomic E-state index is 13.2. The molecule has 0 unspecified atom stereocenters. The lowest BCUT2D eigenvalue weighted by Crippen LogP contribution is -2.50. The van der Waals surface area contributed by atoms with Crippen LogP contribution < -0.4 is 10.6 Å². The summed E-state index contributed by atoms with van der Waals surface area (Å²) in [7, 11) is 1.68. The van der Waals surface area contributed by atoms with E-state index in [1.165, 1.54) is 4.90 Å². The van der Waals surface area contributed by atoms with Crippen LogP contribution in [0.3, 0.4) is 0 Å².